The Bertz CT molecular complexity index is 996. The molecule has 0 radical (unpaired) electrons. The predicted molar refractivity (Wildman–Crippen MR) is 123 cm³/mol. The highest BCUT2D eigenvalue weighted by molar-refractivity contribution is 6.03. The molecule has 1 aliphatic heterocycles. The van der Waals surface area contributed by atoms with Gasteiger partial charge in [-0.1, -0.05) is 54.6 Å². The largest absolute Gasteiger partial charge is 0.438 e. The maximum Gasteiger partial charge on any atom is 0.411 e. The van der Waals surface area contributed by atoms with E-state index in [-0.39, 0.29) is 17.8 Å². The van der Waals surface area contributed by atoms with Crippen molar-refractivity contribution in [2.45, 2.75) is 57.8 Å². The van der Waals surface area contributed by atoms with Crippen molar-refractivity contribution in [3.63, 3.8) is 0 Å². The fraction of sp³-hybridized carbons (Fsp3) is 0.400. The van der Waals surface area contributed by atoms with Crippen LogP contribution in [-0.2, 0) is 15.1 Å². The van der Waals surface area contributed by atoms with E-state index in [0.717, 1.165) is 11.1 Å². The number of aliphatic hydroxyl groups is 1. The summed E-state index contributed by atoms with van der Waals surface area (Å²) < 4.78 is 6.05. The van der Waals surface area contributed by atoms with Crippen molar-refractivity contribution in [1.29, 1.82) is 0 Å². The SMILES string of the molecule is CC(=O)N=C(N)c1ccc(C(C)N2CCC(CC(C)(C)O)(c3ccccc3)OC2=O)cc1. The molecular weight excluding hydrogens is 406 g/mol. The van der Waals surface area contributed by atoms with Crippen molar-refractivity contribution in [1.82, 2.24) is 4.90 Å². The first-order valence-corrected chi connectivity index (χ1v) is 10.7. The Morgan fingerprint density at radius 2 is 1.84 bits per heavy atom. The number of rotatable bonds is 6. The van der Waals surface area contributed by atoms with Crippen LogP contribution in [0.25, 0.3) is 0 Å². The summed E-state index contributed by atoms with van der Waals surface area (Å²) in [5.41, 5.74) is 6.41. The topological polar surface area (TPSA) is 105 Å². The van der Waals surface area contributed by atoms with Gasteiger partial charge in [0.1, 0.15) is 11.4 Å². The van der Waals surface area contributed by atoms with Crippen LogP contribution in [0.4, 0.5) is 4.79 Å². The minimum Gasteiger partial charge on any atom is -0.438 e. The van der Waals surface area contributed by atoms with E-state index in [9.17, 15) is 14.7 Å². The summed E-state index contributed by atoms with van der Waals surface area (Å²) in [7, 11) is 0. The van der Waals surface area contributed by atoms with E-state index < -0.39 is 17.3 Å². The molecule has 0 aromatic heterocycles. The number of aliphatic imine (C=N–C) groups is 1. The molecule has 1 fully saturated rings. The molecule has 0 bridgehead atoms. The number of carbonyl (C=O) groups excluding carboxylic acids is 2. The van der Waals surface area contributed by atoms with Gasteiger partial charge in [-0.3, -0.25) is 4.79 Å². The Balaban J connectivity index is 1.80. The lowest BCUT2D eigenvalue weighted by Crippen LogP contribution is -2.51. The Morgan fingerprint density at radius 3 is 2.38 bits per heavy atom. The number of hydrogen-bond acceptors (Lipinski definition) is 4. The van der Waals surface area contributed by atoms with Crippen LogP contribution in [0.5, 0.6) is 0 Å². The van der Waals surface area contributed by atoms with E-state index in [0.29, 0.717) is 24.9 Å². The van der Waals surface area contributed by atoms with Crippen LogP contribution in [0.15, 0.2) is 59.6 Å². The quantitative estimate of drug-likeness (QED) is 0.527. The summed E-state index contributed by atoms with van der Waals surface area (Å²) in [5.74, 6) is -0.197. The van der Waals surface area contributed by atoms with Crippen molar-refractivity contribution in [3.8, 4) is 0 Å². The Morgan fingerprint density at radius 1 is 1.22 bits per heavy atom. The van der Waals surface area contributed by atoms with Gasteiger partial charge in [-0.15, -0.1) is 0 Å². The van der Waals surface area contributed by atoms with Gasteiger partial charge in [0.05, 0.1) is 11.6 Å². The van der Waals surface area contributed by atoms with E-state index in [1.807, 2.05) is 49.4 Å². The molecule has 2 amide bonds. The average Bonchev–Trinajstić information content (AvgIpc) is 2.72. The summed E-state index contributed by atoms with van der Waals surface area (Å²) in [6.07, 6.45) is 0.452. The standard InChI is InChI=1S/C25H31N3O4/c1-17(19-10-12-20(13-11-19)22(26)27-18(2)29)28-15-14-25(32-23(28)30,16-24(3,4)31)21-8-6-5-7-9-21/h5-13,17,31H,14-16H2,1-4H3,(H2,26,27,29). The van der Waals surface area contributed by atoms with Gasteiger partial charge in [0.2, 0.25) is 5.91 Å². The van der Waals surface area contributed by atoms with Crippen LogP contribution in [0.3, 0.4) is 0 Å². The second-order valence-electron chi connectivity index (χ2n) is 8.97. The van der Waals surface area contributed by atoms with Gasteiger partial charge in [0.15, 0.2) is 0 Å². The smallest absolute Gasteiger partial charge is 0.411 e. The van der Waals surface area contributed by atoms with Gasteiger partial charge >= 0.3 is 6.09 Å². The van der Waals surface area contributed by atoms with Crippen LogP contribution in [-0.4, -0.2) is 40.0 Å². The second kappa shape index (κ2) is 9.12. The number of benzene rings is 2. The predicted octanol–water partition coefficient (Wildman–Crippen LogP) is 3.90. The van der Waals surface area contributed by atoms with E-state index >= 15 is 0 Å². The fourth-order valence-corrected chi connectivity index (χ4v) is 4.24. The third-order valence-corrected chi connectivity index (χ3v) is 5.73. The number of ether oxygens (including phenoxy) is 1. The summed E-state index contributed by atoms with van der Waals surface area (Å²) in [6, 6.07) is 16.7. The average molecular weight is 438 g/mol. The van der Waals surface area contributed by atoms with Crippen molar-refractivity contribution >= 4 is 17.8 Å². The number of nitrogens with zero attached hydrogens (tertiary/aromatic N) is 2. The molecular formula is C25H31N3O4. The highest BCUT2D eigenvalue weighted by Gasteiger charge is 2.46. The summed E-state index contributed by atoms with van der Waals surface area (Å²) in [6.45, 7) is 7.22. The Kier molecular flexibility index (Phi) is 6.69. The molecule has 2 unspecified atom stereocenters. The maximum atomic E-state index is 13.1. The monoisotopic (exact) mass is 437 g/mol. The number of amides is 2. The molecule has 2 atom stereocenters. The van der Waals surface area contributed by atoms with Gasteiger partial charge in [-0.2, -0.15) is 4.99 Å². The molecule has 1 aliphatic rings. The molecule has 0 aliphatic carbocycles. The number of cyclic esters (lactones) is 1. The number of carbonyl (C=O) groups is 2. The molecule has 3 N–H and O–H groups in total. The normalized spacial score (nSPS) is 20.6. The van der Waals surface area contributed by atoms with Crippen molar-refractivity contribution in [2.24, 2.45) is 10.7 Å². The molecule has 2 aromatic rings. The first-order valence-electron chi connectivity index (χ1n) is 10.7. The van der Waals surface area contributed by atoms with E-state index in [1.54, 1.807) is 30.9 Å². The molecule has 0 saturated carbocycles. The van der Waals surface area contributed by atoms with Crippen LogP contribution < -0.4 is 5.73 Å². The number of amidine groups is 1. The van der Waals surface area contributed by atoms with E-state index in [1.165, 1.54) is 6.92 Å². The number of nitrogens with two attached hydrogens (primary N) is 1. The lowest BCUT2D eigenvalue weighted by molar-refractivity contribution is -0.115. The van der Waals surface area contributed by atoms with Gasteiger partial charge in [0, 0.05) is 31.9 Å². The van der Waals surface area contributed by atoms with Crippen LogP contribution >= 0.6 is 0 Å². The molecule has 7 nitrogen and oxygen atoms in total. The van der Waals surface area contributed by atoms with Crippen molar-refractivity contribution in [2.75, 3.05) is 6.54 Å². The highest BCUT2D eigenvalue weighted by Crippen LogP contribution is 2.42. The highest BCUT2D eigenvalue weighted by atomic mass is 16.6. The van der Waals surface area contributed by atoms with Gasteiger partial charge in [-0.25, -0.2) is 4.79 Å². The molecule has 1 heterocycles. The molecule has 0 spiro atoms. The zero-order valence-corrected chi connectivity index (χ0v) is 19.0. The zero-order valence-electron chi connectivity index (χ0n) is 19.0. The second-order valence-corrected chi connectivity index (χ2v) is 8.97. The molecule has 32 heavy (non-hydrogen) atoms. The summed E-state index contributed by atoms with van der Waals surface area (Å²) in [4.78, 5) is 29.7. The van der Waals surface area contributed by atoms with E-state index in [4.69, 9.17) is 10.5 Å². The Hall–Kier alpha value is -3.19. The van der Waals surface area contributed by atoms with Crippen molar-refractivity contribution in [3.05, 3.63) is 71.3 Å². The maximum absolute atomic E-state index is 13.1. The lowest BCUT2D eigenvalue weighted by atomic mass is 9.80. The lowest BCUT2D eigenvalue weighted by Gasteiger charge is -2.45. The first kappa shape index (κ1) is 23.5. The fourth-order valence-electron chi connectivity index (χ4n) is 4.24. The van der Waals surface area contributed by atoms with Gasteiger partial charge in [-0.05, 0) is 31.9 Å². The minimum absolute atomic E-state index is 0.161. The Labute approximate surface area is 188 Å². The van der Waals surface area contributed by atoms with E-state index in [2.05, 4.69) is 4.99 Å². The van der Waals surface area contributed by atoms with Crippen molar-refractivity contribution < 1.29 is 19.4 Å². The molecule has 170 valence electrons. The van der Waals surface area contributed by atoms with Crippen LogP contribution in [0, 0.1) is 0 Å². The molecule has 7 heteroatoms. The van der Waals surface area contributed by atoms with Crippen LogP contribution in [0.2, 0.25) is 0 Å². The minimum atomic E-state index is -0.999. The first-order chi connectivity index (χ1) is 15.0. The third kappa shape index (κ3) is 5.34. The summed E-state index contributed by atoms with van der Waals surface area (Å²) in [5, 5.41) is 10.5. The molecule has 1 saturated heterocycles. The molecule has 2 aromatic carbocycles. The van der Waals surface area contributed by atoms with Crippen LogP contribution in [0.1, 0.15) is 63.3 Å². The number of hydrogen-bond donors (Lipinski definition) is 2. The van der Waals surface area contributed by atoms with Gasteiger partial charge < -0.3 is 20.5 Å². The zero-order chi connectivity index (χ0) is 23.5. The summed E-state index contributed by atoms with van der Waals surface area (Å²) >= 11 is 0. The third-order valence-electron chi connectivity index (χ3n) is 5.73. The van der Waals surface area contributed by atoms with Gasteiger partial charge in [0.25, 0.3) is 0 Å². The molecule has 3 rings (SSSR count).